The van der Waals surface area contributed by atoms with E-state index in [4.69, 9.17) is 0 Å². The van der Waals surface area contributed by atoms with Crippen LogP contribution in [0.3, 0.4) is 0 Å². The molecule has 74 valence electrons. The summed E-state index contributed by atoms with van der Waals surface area (Å²) in [5.41, 5.74) is -2.92. The van der Waals surface area contributed by atoms with Crippen molar-refractivity contribution >= 4 is 0 Å². The second-order valence-corrected chi connectivity index (χ2v) is 3.07. The van der Waals surface area contributed by atoms with Crippen LogP contribution in [0.4, 0.5) is 22.0 Å². The number of hydrogen-bond acceptors (Lipinski definition) is 0. The third-order valence-corrected chi connectivity index (χ3v) is 2.30. The molecule has 0 spiro atoms. The van der Waals surface area contributed by atoms with E-state index in [0.29, 0.717) is 13.8 Å². The first-order valence-corrected chi connectivity index (χ1v) is 3.51. The minimum Gasteiger partial charge on any atom is -0.206 e. The normalized spacial score (nSPS) is 19.0. The molecule has 0 aromatic rings. The summed E-state index contributed by atoms with van der Waals surface area (Å²) >= 11 is 0. The molecule has 0 saturated carbocycles. The van der Waals surface area contributed by atoms with Crippen LogP contribution in [-0.2, 0) is 0 Å². The smallest absolute Gasteiger partial charge is 0.206 e. The minimum absolute atomic E-state index is 0.296. The summed E-state index contributed by atoms with van der Waals surface area (Å²) in [5.74, 6) is -3.74. The van der Waals surface area contributed by atoms with Gasteiger partial charge in [0.1, 0.15) is 5.41 Å². The zero-order valence-electron chi connectivity index (χ0n) is 7.10. The van der Waals surface area contributed by atoms with E-state index in [1.54, 1.807) is 0 Å². The summed E-state index contributed by atoms with van der Waals surface area (Å²) in [5, 5.41) is 0. The fraction of sp³-hybridized carbons (Fsp3) is 1.00. The van der Waals surface area contributed by atoms with Gasteiger partial charge in [-0.1, -0.05) is 6.92 Å². The lowest BCUT2D eigenvalue weighted by Crippen LogP contribution is -2.47. The SMILES string of the molecule is CCC(C)(C(C)(F)F)C(F)(F)F. The van der Waals surface area contributed by atoms with Gasteiger partial charge in [0.15, 0.2) is 0 Å². The average molecular weight is 190 g/mol. The van der Waals surface area contributed by atoms with Gasteiger partial charge in [0, 0.05) is 6.92 Å². The van der Waals surface area contributed by atoms with Gasteiger partial charge in [-0.3, -0.25) is 0 Å². The molecule has 5 heteroatoms. The van der Waals surface area contributed by atoms with Crippen molar-refractivity contribution in [1.82, 2.24) is 0 Å². The van der Waals surface area contributed by atoms with Gasteiger partial charge in [0.05, 0.1) is 0 Å². The molecule has 0 amide bonds. The molecular weight excluding hydrogens is 179 g/mol. The predicted octanol–water partition coefficient (Wildman–Crippen LogP) is 3.62. The lowest BCUT2D eigenvalue weighted by Gasteiger charge is -2.35. The topological polar surface area (TPSA) is 0 Å². The van der Waals surface area contributed by atoms with Crippen molar-refractivity contribution in [3.8, 4) is 0 Å². The van der Waals surface area contributed by atoms with Crippen molar-refractivity contribution in [2.75, 3.05) is 0 Å². The zero-order valence-corrected chi connectivity index (χ0v) is 7.10. The quantitative estimate of drug-likeness (QED) is 0.583. The average Bonchev–Trinajstić information content (AvgIpc) is 1.81. The largest absolute Gasteiger partial charge is 0.399 e. The highest BCUT2D eigenvalue weighted by molar-refractivity contribution is 4.90. The van der Waals surface area contributed by atoms with E-state index in [9.17, 15) is 22.0 Å². The molecule has 1 unspecified atom stereocenters. The summed E-state index contributed by atoms with van der Waals surface area (Å²) < 4.78 is 61.5. The lowest BCUT2D eigenvalue weighted by molar-refractivity contribution is -0.288. The summed E-state index contributed by atoms with van der Waals surface area (Å²) in [7, 11) is 0. The number of halogens is 5. The number of hydrogen-bond donors (Lipinski definition) is 0. The van der Waals surface area contributed by atoms with Crippen LogP contribution in [-0.4, -0.2) is 12.1 Å². The molecule has 0 radical (unpaired) electrons. The first-order chi connectivity index (χ1) is 5.06. The van der Waals surface area contributed by atoms with Gasteiger partial charge in [-0.15, -0.1) is 0 Å². The molecule has 0 heterocycles. The maximum absolute atomic E-state index is 12.5. The molecule has 0 fully saturated rings. The summed E-state index contributed by atoms with van der Waals surface area (Å²) in [4.78, 5) is 0. The summed E-state index contributed by atoms with van der Waals surface area (Å²) in [6.07, 6.45) is -5.49. The Morgan fingerprint density at radius 3 is 1.25 bits per heavy atom. The molecule has 0 N–H and O–H groups in total. The van der Waals surface area contributed by atoms with Gasteiger partial charge in [0.2, 0.25) is 0 Å². The second kappa shape index (κ2) is 2.85. The second-order valence-electron chi connectivity index (χ2n) is 3.07. The third-order valence-electron chi connectivity index (χ3n) is 2.30. The van der Waals surface area contributed by atoms with E-state index >= 15 is 0 Å². The Bertz CT molecular complexity index is 138. The van der Waals surface area contributed by atoms with Gasteiger partial charge < -0.3 is 0 Å². The van der Waals surface area contributed by atoms with E-state index < -0.39 is 23.9 Å². The van der Waals surface area contributed by atoms with Crippen molar-refractivity contribution in [3.63, 3.8) is 0 Å². The maximum atomic E-state index is 12.5. The summed E-state index contributed by atoms with van der Waals surface area (Å²) in [6, 6.07) is 0. The molecule has 0 bridgehead atoms. The molecule has 0 aromatic carbocycles. The molecule has 1 atom stereocenters. The highest BCUT2D eigenvalue weighted by Crippen LogP contribution is 2.50. The van der Waals surface area contributed by atoms with Crippen LogP contribution in [0.2, 0.25) is 0 Å². The van der Waals surface area contributed by atoms with Crippen LogP contribution >= 0.6 is 0 Å². The molecule has 0 nitrogen and oxygen atoms in total. The summed E-state index contributed by atoms with van der Waals surface area (Å²) in [6.45, 7) is 1.93. The molecule has 0 aromatic heterocycles. The molecule has 0 saturated heterocycles. The number of rotatable bonds is 2. The van der Waals surface area contributed by atoms with Crippen molar-refractivity contribution < 1.29 is 22.0 Å². The molecule has 12 heavy (non-hydrogen) atoms. The highest BCUT2D eigenvalue weighted by atomic mass is 19.4. The van der Waals surface area contributed by atoms with E-state index in [0.717, 1.165) is 6.92 Å². The Morgan fingerprint density at radius 2 is 1.25 bits per heavy atom. The van der Waals surface area contributed by atoms with E-state index in [1.807, 2.05) is 0 Å². The van der Waals surface area contributed by atoms with Crippen LogP contribution in [0.15, 0.2) is 0 Å². The first kappa shape index (κ1) is 11.6. The molecule has 0 aliphatic heterocycles. The van der Waals surface area contributed by atoms with Crippen molar-refractivity contribution in [3.05, 3.63) is 0 Å². The fourth-order valence-electron chi connectivity index (χ4n) is 0.760. The van der Waals surface area contributed by atoms with Crippen molar-refractivity contribution in [1.29, 1.82) is 0 Å². The van der Waals surface area contributed by atoms with Crippen LogP contribution < -0.4 is 0 Å². The van der Waals surface area contributed by atoms with Gasteiger partial charge >= 0.3 is 6.18 Å². The number of alkyl halides is 5. The van der Waals surface area contributed by atoms with E-state index in [1.165, 1.54) is 0 Å². The molecule has 0 rings (SSSR count). The molecular formula is C7H11F5. The van der Waals surface area contributed by atoms with E-state index in [-0.39, 0.29) is 0 Å². The van der Waals surface area contributed by atoms with Crippen LogP contribution in [0.5, 0.6) is 0 Å². The maximum Gasteiger partial charge on any atom is 0.399 e. The van der Waals surface area contributed by atoms with Gasteiger partial charge in [-0.25, -0.2) is 8.78 Å². The predicted molar refractivity (Wildman–Crippen MR) is 35.1 cm³/mol. The van der Waals surface area contributed by atoms with E-state index in [2.05, 4.69) is 0 Å². The van der Waals surface area contributed by atoms with Gasteiger partial charge in [-0.2, -0.15) is 13.2 Å². The fourth-order valence-corrected chi connectivity index (χ4v) is 0.760. The Balaban J connectivity index is 4.95. The zero-order chi connectivity index (χ0) is 10.2. The van der Waals surface area contributed by atoms with Crippen LogP contribution in [0.25, 0.3) is 0 Å². The Labute approximate surface area is 67.8 Å². The van der Waals surface area contributed by atoms with Crippen LogP contribution in [0.1, 0.15) is 27.2 Å². The lowest BCUT2D eigenvalue weighted by atomic mass is 9.81. The first-order valence-electron chi connectivity index (χ1n) is 3.51. The Morgan fingerprint density at radius 1 is 0.917 bits per heavy atom. The Hall–Kier alpha value is -0.350. The highest BCUT2D eigenvalue weighted by Gasteiger charge is 2.62. The monoisotopic (exact) mass is 190 g/mol. The van der Waals surface area contributed by atoms with Crippen molar-refractivity contribution in [2.45, 2.75) is 39.3 Å². The van der Waals surface area contributed by atoms with Crippen molar-refractivity contribution in [2.24, 2.45) is 5.41 Å². The Kier molecular flexibility index (Phi) is 2.77. The van der Waals surface area contributed by atoms with Crippen LogP contribution in [0, 0.1) is 5.41 Å². The minimum atomic E-state index is -4.86. The molecule has 0 aliphatic rings. The third kappa shape index (κ3) is 1.69. The van der Waals surface area contributed by atoms with Gasteiger partial charge in [0.25, 0.3) is 5.92 Å². The molecule has 0 aliphatic carbocycles. The van der Waals surface area contributed by atoms with Gasteiger partial charge in [-0.05, 0) is 13.3 Å². The standard InChI is InChI=1S/C7H11F5/c1-4-5(2,6(3,8)9)7(10,11)12/h4H2,1-3H3.